The molecule has 5 heteroatoms. The quantitative estimate of drug-likeness (QED) is 0.709. The van der Waals surface area contributed by atoms with Gasteiger partial charge in [-0.25, -0.2) is 8.42 Å². The fourth-order valence-corrected chi connectivity index (χ4v) is 6.26. The molecule has 0 aromatic heterocycles. The number of benzene rings is 2. The molecule has 4 nitrogen and oxygen atoms in total. The molecule has 1 aliphatic carbocycles. The van der Waals surface area contributed by atoms with E-state index in [0.717, 1.165) is 31.5 Å². The van der Waals surface area contributed by atoms with Gasteiger partial charge in [0, 0.05) is 32.2 Å². The summed E-state index contributed by atoms with van der Waals surface area (Å²) in [7, 11) is -3.41. The third kappa shape index (κ3) is 3.63. The number of hydrogen-bond acceptors (Lipinski definition) is 3. The van der Waals surface area contributed by atoms with E-state index in [-0.39, 0.29) is 0 Å². The predicted octanol–water partition coefficient (Wildman–Crippen LogP) is 3.94. The van der Waals surface area contributed by atoms with Crippen molar-refractivity contribution in [3.63, 3.8) is 0 Å². The van der Waals surface area contributed by atoms with E-state index in [2.05, 4.69) is 23.1 Å². The van der Waals surface area contributed by atoms with E-state index in [9.17, 15) is 8.42 Å². The Hall–Kier alpha value is -1.69. The van der Waals surface area contributed by atoms with Gasteiger partial charge in [0.2, 0.25) is 10.0 Å². The smallest absolute Gasteiger partial charge is 0.243 e. The van der Waals surface area contributed by atoms with E-state index >= 15 is 0 Å². The van der Waals surface area contributed by atoms with Crippen LogP contribution >= 0.6 is 0 Å². The van der Waals surface area contributed by atoms with Crippen LogP contribution in [0.5, 0.6) is 0 Å². The number of nitrogens with zero attached hydrogens (tertiary/aromatic N) is 2. The molecule has 0 fully saturated rings. The molecular weight excluding hydrogens is 368 g/mol. The largest absolute Gasteiger partial charge is 0.296 e. The summed E-state index contributed by atoms with van der Waals surface area (Å²) in [5.74, 6) is 0. The summed E-state index contributed by atoms with van der Waals surface area (Å²) in [4.78, 5) is 2.97. The summed E-state index contributed by atoms with van der Waals surface area (Å²) < 4.78 is 27.5. The SMILES string of the molecule is CCN(CCCN1CCc2cccc3c2[C@H]1CC3)S(=O)(=O)c1ccc(C)cc1. The first-order valence-electron chi connectivity index (χ1n) is 10.4. The van der Waals surface area contributed by atoms with Crippen molar-refractivity contribution in [2.24, 2.45) is 0 Å². The Morgan fingerprint density at radius 1 is 1.07 bits per heavy atom. The van der Waals surface area contributed by atoms with Crippen LogP contribution in [0.1, 0.15) is 48.1 Å². The monoisotopic (exact) mass is 398 g/mol. The molecule has 1 aliphatic heterocycles. The number of hydrogen-bond donors (Lipinski definition) is 0. The normalized spacial score (nSPS) is 19.2. The van der Waals surface area contributed by atoms with Gasteiger partial charge in [-0.3, -0.25) is 4.90 Å². The summed E-state index contributed by atoms with van der Waals surface area (Å²) in [6, 6.07) is 14.4. The summed E-state index contributed by atoms with van der Waals surface area (Å²) in [5.41, 5.74) is 5.68. The lowest BCUT2D eigenvalue weighted by Gasteiger charge is -2.35. The van der Waals surface area contributed by atoms with Crippen LogP contribution in [-0.2, 0) is 22.9 Å². The molecule has 0 saturated heterocycles. The van der Waals surface area contributed by atoms with E-state index in [1.165, 1.54) is 24.0 Å². The molecule has 0 radical (unpaired) electrons. The second kappa shape index (κ2) is 7.97. The molecule has 4 rings (SSSR count). The fourth-order valence-electron chi connectivity index (χ4n) is 4.78. The average molecular weight is 399 g/mol. The highest BCUT2D eigenvalue weighted by Gasteiger charge is 2.33. The van der Waals surface area contributed by atoms with E-state index in [4.69, 9.17) is 0 Å². The third-order valence-corrected chi connectivity index (χ3v) is 8.27. The molecule has 0 amide bonds. The molecule has 28 heavy (non-hydrogen) atoms. The maximum atomic E-state index is 13.0. The van der Waals surface area contributed by atoms with Crippen LogP contribution in [-0.4, -0.2) is 43.8 Å². The van der Waals surface area contributed by atoms with Gasteiger partial charge >= 0.3 is 0 Å². The lowest BCUT2D eigenvalue weighted by atomic mass is 9.93. The van der Waals surface area contributed by atoms with Crippen LogP contribution in [0, 0.1) is 6.92 Å². The predicted molar refractivity (Wildman–Crippen MR) is 113 cm³/mol. The van der Waals surface area contributed by atoms with Gasteiger partial charge in [0.1, 0.15) is 0 Å². The van der Waals surface area contributed by atoms with Crippen LogP contribution in [0.25, 0.3) is 0 Å². The highest BCUT2D eigenvalue weighted by molar-refractivity contribution is 7.89. The zero-order valence-corrected chi connectivity index (χ0v) is 17.7. The molecule has 0 unspecified atom stereocenters. The van der Waals surface area contributed by atoms with Crippen molar-refractivity contribution < 1.29 is 8.42 Å². The fraction of sp³-hybridized carbons (Fsp3) is 0.478. The van der Waals surface area contributed by atoms with Gasteiger partial charge < -0.3 is 0 Å². The summed E-state index contributed by atoms with van der Waals surface area (Å²) in [5, 5.41) is 0. The lowest BCUT2D eigenvalue weighted by Crippen LogP contribution is -2.38. The van der Waals surface area contributed by atoms with Gasteiger partial charge in [-0.15, -0.1) is 0 Å². The van der Waals surface area contributed by atoms with Crippen LogP contribution in [0.2, 0.25) is 0 Å². The van der Waals surface area contributed by atoms with Gasteiger partial charge in [0.15, 0.2) is 0 Å². The molecule has 2 aromatic carbocycles. The Bertz CT molecular complexity index is 938. The van der Waals surface area contributed by atoms with Crippen molar-refractivity contribution in [2.75, 3.05) is 26.2 Å². The first-order valence-corrected chi connectivity index (χ1v) is 11.9. The number of aryl methyl sites for hydroxylation is 2. The minimum Gasteiger partial charge on any atom is -0.296 e. The lowest BCUT2D eigenvalue weighted by molar-refractivity contribution is 0.179. The molecule has 1 atom stereocenters. The van der Waals surface area contributed by atoms with Crippen LogP contribution in [0.15, 0.2) is 47.4 Å². The highest BCUT2D eigenvalue weighted by Crippen LogP contribution is 2.41. The number of sulfonamides is 1. The minimum atomic E-state index is -3.41. The van der Waals surface area contributed by atoms with E-state index in [0.29, 0.717) is 24.0 Å². The zero-order valence-electron chi connectivity index (χ0n) is 16.9. The molecule has 1 heterocycles. The summed E-state index contributed by atoms with van der Waals surface area (Å²) in [6.07, 6.45) is 4.35. The second-order valence-corrected chi connectivity index (χ2v) is 9.93. The van der Waals surface area contributed by atoms with Crippen LogP contribution in [0.4, 0.5) is 0 Å². The van der Waals surface area contributed by atoms with Crippen molar-refractivity contribution in [2.45, 2.75) is 50.5 Å². The van der Waals surface area contributed by atoms with E-state index in [1.54, 1.807) is 22.0 Å². The number of rotatable bonds is 7. The minimum absolute atomic E-state index is 0.396. The van der Waals surface area contributed by atoms with Crippen molar-refractivity contribution in [3.05, 3.63) is 64.7 Å². The van der Waals surface area contributed by atoms with Gasteiger partial charge in [-0.1, -0.05) is 42.8 Å². The molecule has 0 bridgehead atoms. The van der Waals surface area contributed by atoms with Crippen LogP contribution < -0.4 is 0 Å². The Kier molecular flexibility index (Phi) is 5.59. The Balaban J connectivity index is 1.40. The zero-order chi connectivity index (χ0) is 19.7. The van der Waals surface area contributed by atoms with E-state index in [1.807, 2.05) is 26.0 Å². The molecule has 0 spiro atoms. The standard InChI is InChI=1S/C23H30N2O2S/c1-3-25(28(26,27)21-11-8-18(2)9-12-21)16-5-15-24-17-14-20-7-4-6-19-10-13-22(24)23(19)20/h4,6-9,11-12,22H,3,5,10,13-17H2,1-2H3/t22-/m1/s1. The maximum absolute atomic E-state index is 13.0. The van der Waals surface area contributed by atoms with Gasteiger partial charge in [0.25, 0.3) is 0 Å². The van der Waals surface area contributed by atoms with Crippen molar-refractivity contribution >= 4 is 10.0 Å². The van der Waals surface area contributed by atoms with Gasteiger partial charge in [-0.2, -0.15) is 4.31 Å². The maximum Gasteiger partial charge on any atom is 0.243 e. The molecule has 150 valence electrons. The van der Waals surface area contributed by atoms with Crippen molar-refractivity contribution in [1.29, 1.82) is 0 Å². The first-order chi connectivity index (χ1) is 13.5. The molecule has 0 N–H and O–H groups in total. The van der Waals surface area contributed by atoms with Gasteiger partial charge in [-0.05, 0) is 61.4 Å². The molecule has 0 saturated carbocycles. The molecule has 2 aliphatic rings. The molecular formula is C23H30N2O2S. The van der Waals surface area contributed by atoms with E-state index < -0.39 is 10.0 Å². The van der Waals surface area contributed by atoms with Crippen molar-refractivity contribution in [3.8, 4) is 0 Å². The van der Waals surface area contributed by atoms with Crippen molar-refractivity contribution in [1.82, 2.24) is 9.21 Å². The third-order valence-electron chi connectivity index (χ3n) is 6.28. The Labute approximate surface area is 169 Å². The Morgan fingerprint density at radius 3 is 2.50 bits per heavy atom. The Morgan fingerprint density at radius 2 is 1.79 bits per heavy atom. The topological polar surface area (TPSA) is 40.6 Å². The van der Waals surface area contributed by atoms with Crippen LogP contribution in [0.3, 0.4) is 0 Å². The van der Waals surface area contributed by atoms with Gasteiger partial charge in [0.05, 0.1) is 4.90 Å². The summed E-state index contributed by atoms with van der Waals surface area (Å²) >= 11 is 0. The second-order valence-electron chi connectivity index (χ2n) is 7.99. The average Bonchev–Trinajstić information content (AvgIpc) is 3.13. The summed E-state index contributed by atoms with van der Waals surface area (Å²) in [6.45, 7) is 7.01. The molecule has 2 aromatic rings. The highest BCUT2D eigenvalue weighted by atomic mass is 32.2. The first kappa shape index (κ1) is 19.6.